The van der Waals surface area contributed by atoms with Gasteiger partial charge in [0.2, 0.25) is 0 Å². The van der Waals surface area contributed by atoms with E-state index < -0.39 is 0 Å². The van der Waals surface area contributed by atoms with Crippen molar-refractivity contribution in [1.82, 2.24) is 9.78 Å². The third-order valence-corrected chi connectivity index (χ3v) is 3.04. The molecule has 0 saturated heterocycles. The Morgan fingerprint density at radius 2 is 2.06 bits per heavy atom. The summed E-state index contributed by atoms with van der Waals surface area (Å²) in [5, 5.41) is 7.54. The summed E-state index contributed by atoms with van der Waals surface area (Å²) in [6.07, 6.45) is 1.00. The van der Waals surface area contributed by atoms with Gasteiger partial charge in [-0.1, -0.05) is 6.92 Å². The molecule has 1 heterocycles. The molecule has 0 aromatic carbocycles. The molecule has 1 N–H and O–H groups in total. The van der Waals surface area contributed by atoms with Crippen molar-refractivity contribution in [3.8, 4) is 0 Å². The molecular weight excluding hydrogens is 202 g/mol. The second-order valence-electron chi connectivity index (χ2n) is 4.69. The van der Waals surface area contributed by atoms with Crippen LogP contribution in [-0.2, 0) is 18.4 Å². The molecule has 0 aliphatic rings. The Kier molecular flexibility index (Phi) is 3.97. The van der Waals surface area contributed by atoms with Gasteiger partial charge in [0.15, 0.2) is 0 Å². The summed E-state index contributed by atoms with van der Waals surface area (Å²) in [4.78, 5) is 0. The van der Waals surface area contributed by atoms with Crippen molar-refractivity contribution in [2.45, 2.75) is 46.3 Å². The van der Waals surface area contributed by atoms with Crippen LogP contribution in [0.3, 0.4) is 0 Å². The molecular formula is C12H23N3O. The molecule has 0 bridgehead atoms. The molecule has 0 saturated carbocycles. The van der Waals surface area contributed by atoms with Crippen LogP contribution in [0, 0.1) is 6.92 Å². The molecule has 1 aromatic rings. The van der Waals surface area contributed by atoms with E-state index in [9.17, 15) is 0 Å². The molecule has 1 rings (SSSR count). The van der Waals surface area contributed by atoms with E-state index in [2.05, 4.69) is 31.2 Å². The van der Waals surface area contributed by atoms with Crippen molar-refractivity contribution in [2.24, 2.45) is 7.05 Å². The molecule has 4 nitrogen and oxygen atoms in total. The van der Waals surface area contributed by atoms with Crippen LogP contribution in [0.1, 0.15) is 38.4 Å². The predicted molar refractivity (Wildman–Crippen MR) is 66.7 cm³/mol. The maximum Gasteiger partial charge on any atom is 0.129 e. The van der Waals surface area contributed by atoms with Crippen molar-refractivity contribution < 1.29 is 4.74 Å². The average Bonchev–Trinajstić information content (AvgIpc) is 2.50. The minimum Gasteiger partial charge on any atom is -0.373 e. The van der Waals surface area contributed by atoms with E-state index in [1.54, 1.807) is 0 Å². The molecule has 16 heavy (non-hydrogen) atoms. The second kappa shape index (κ2) is 4.87. The van der Waals surface area contributed by atoms with Crippen LogP contribution in [-0.4, -0.2) is 22.4 Å². The first-order valence-corrected chi connectivity index (χ1v) is 5.75. The quantitative estimate of drug-likeness (QED) is 0.836. The lowest BCUT2D eigenvalue weighted by atomic mass is 10.1. The first-order chi connectivity index (χ1) is 7.41. The maximum atomic E-state index is 5.91. The van der Waals surface area contributed by atoms with E-state index in [0.29, 0.717) is 6.61 Å². The SMILES string of the molecule is CCC(C)(C)OCc1c(C)nn(C)c1NC. The summed E-state index contributed by atoms with van der Waals surface area (Å²) in [6.45, 7) is 8.97. The number of hydrogen-bond acceptors (Lipinski definition) is 3. The maximum absolute atomic E-state index is 5.91. The van der Waals surface area contributed by atoms with Crippen molar-refractivity contribution in [2.75, 3.05) is 12.4 Å². The Bertz CT molecular complexity index is 355. The zero-order valence-electron chi connectivity index (χ0n) is 11.2. The van der Waals surface area contributed by atoms with Crippen LogP contribution in [0.5, 0.6) is 0 Å². The van der Waals surface area contributed by atoms with Crippen LogP contribution >= 0.6 is 0 Å². The third-order valence-electron chi connectivity index (χ3n) is 3.04. The van der Waals surface area contributed by atoms with Gasteiger partial charge < -0.3 is 10.1 Å². The first kappa shape index (κ1) is 13.0. The molecule has 0 spiro atoms. The molecule has 0 fully saturated rings. The van der Waals surface area contributed by atoms with Gasteiger partial charge in [0.1, 0.15) is 5.82 Å². The third kappa shape index (κ3) is 2.76. The normalized spacial score (nSPS) is 11.9. The smallest absolute Gasteiger partial charge is 0.129 e. The van der Waals surface area contributed by atoms with E-state index in [-0.39, 0.29) is 5.60 Å². The lowest BCUT2D eigenvalue weighted by Crippen LogP contribution is -2.23. The van der Waals surface area contributed by atoms with Gasteiger partial charge in [-0.3, -0.25) is 4.68 Å². The summed E-state index contributed by atoms with van der Waals surface area (Å²) in [6, 6.07) is 0. The fraction of sp³-hybridized carbons (Fsp3) is 0.750. The van der Waals surface area contributed by atoms with Crippen molar-refractivity contribution in [3.05, 3.63) is 11.3 Å². The van der Waals surface area contributed by atoms with Gasteiger partial charge in [-0.15, -0.1) is 0 Å². The van der Waals surface area contributed by atoms with Gasteiger partial charge in [-0.05, 0) is 27.2 Å². The number of aryl methyl sites for hydroxylation is 2. The fourth-order valence-corrected chi connectivity index (χ4v) is 1.56. The Balaban J connectivity index is 2.81. The summed E-state index contributed by atoms with van der Waals surface area (Å²) in [5.41, 5.74) is 2.10. The second-order valence-corrected chi connectivity index (χ2v) is 4.69. The highest BCUT2D eigenvalue weighted by Gasteiger charge is 2.19. The number of rotatable bonds is 5. The lowest BCUT2D eigenvalue weighted by Gasteiger charge is -2.23. The Hall–Kier alpha value is -1.03. The zero-order valence-corrected chi connectivity index (χ0v) is 11.2. The Labute approximate surface area is 98.0 Å². The largest absolute Gasteiger partial charge is 0.373 e. The Morgan fingerprint density at radius 1 is 1.44 bits per heavy atom. The van der Waals surface area contributed by atoms with E-state index in [0.717, 1.165) is 23.5 Å². The number of hydrogen-bond donors (Lipinski definition) is 1. The lowest BCUT2D eigenvalue weighted by molar-refractivity contribution is -0.0315. The van der Waals surface area contributed by atoms with Crippen LogP contribution < -0.4 is 5.32 Å². The molecule has 0 aliphatic carbocycles. The molecule has 0 atom stereocenters. The van der Waals surface area contributed by atoms with Gasteiger partial charge >= 0.3 is 0 Å². The molecule has 0 amide bonds. The van der Waals surface area contributed by atoms with Crippen molar-refractivity contribution in [3.63, 3.8) is 0 Å². The highest BCUT2D eigenvalue weighted by Crippen LogP contribution is 2.23. The Morgan fingerprint density at radius 3 is 2.56 bits per heavy atom. The topological polar surface area (TPSA) is 39.1 Å². The highest BCUT2D eigenvalue weighted by atomic mass is 16.5. The summed E-state index contributed by atoms with van der Waals surface area (Å²) >= 11 is 0. The van der Waals surface area contributed by atoms with Gasteiger partial charge in [0.25, 0.3) is 0 Å². The highest BCUT2D eigenvalue weighted by molar-refractivity contribution is 5.46. The predicted octanol–water partition coefficient (Wildman–Crippen LogP) is 2.48. The summed E-state index contributed by atoms with van der Waals surface area (Å²) in [7, 11) is 3.85. The monoisotopic (exact) mass is 225 g/mol. The van der Waals surface area contributed by atoms with Crippen LogP contribution in [0.15, 0.2) is 0 Å². The molecule has 0 unspecified atom stereocenters. The van der Waals surface area contributed by atoms with Gasteiger partial charge in [0.05, 0.1) is 17.9 Å². The molecule has 92 valence electrons. The number of anilines is 1. The van der Waals surface area contributed by atoms with E-state index in [1.807, 2.05) is 25.7 Å². The minimum atomic E-state index is -0.0761. The average molecular weight is 225 g/mol. The van der Waals surface area contributed by atoms with Crippen LogP contribution in [0.4, 0.5) is 5.82 Å². The minimum absolute atomic E-state index is 0.0761. The van der Waals surface area contributed by atoms with Crippen LogP contribution in [0.25, 0.3) is 0 Å². The van der Waals surface area contributed by atoms with Gasteiger partial charge in [-0.25, -0.2) is 0 Å². The number of nitrogens with one attached hydrogen (secondary N) is 1. The molecule has 0 radical (unpaired) electrons. The first-order valence-electron chi connectivity index (χ1n) is 5.75. The van der Waals surface area contributed by atoms with Crippen molar-refractivity contribution >= 4 is 5.82 Å². The standard InChI is InChI=1S/C12H23N3O/c1-7-12(3,4)16-8-10-9(2)14-15(6)11(10)13-5/h13H,7-8H2,1-6H3. The number of nitrogens with zero attached hydrogens (tertiary/aromatic N) is 2. The van der Waals surface area contributed by atoms with Crippen molar-refractivity contribution in [1.29, 1.82) is 0 Å². The molecule has 4 heteroatoms. The van der Waals surface area contributed by atoms with E-state index >= 15 is 0 Å². The van der Waals surface area contributed by atoms with Crippen LogP contribution in [0.2, 0.25) is 0 Å². The fourth-order valence-electron chi connectivity index (χ4n) is 1.56. The molecule has 0 aliphatic heterocycles. The van der Waals surface area contributed by atoms with E-state index in [1.165, 1.54) is 0 Å². The summed E-state index contributed by atoms with van der Waals surface area (Å²) < 4.78 is 7.76. The van der Waals surface area contributed by atoms with Gasteiger partial charge in [0, 0.05) is 19.7 Å². The zero-order chi connectivity index (χ0) is 12.3. The van der Waals surface area contributed by atoms with Gasteiger partial charge in [-0.2, -0.15) is 5.10 Å². The number of ether oxygens (including phenoxy) is 1. The molecule has 1 aromatic heterocycles. The summed E-state index contributed by atoms with van der Waals surface area (Å²) in [5.74, 6) is 1.03. The number of aromatic nitrogens is 2. The van der Waals surface area contributed by atoms with E-state index in [4.69, 9.17) is 4.74 Å².